The minimum absolute atomic E-state index is 0.0681. The molecule has 0 fully saturated rings. The van der Waals surface area contributed by atoms with Crippen molar-refractivity contribution in [2.45, 2.75) is 33.7 Å². The highest BCUT2D eigenvalue weighted by Crippen LogP contribution is 2.26. The maximum Gasteiger partial charge on any atom is 0.225 e. The van der Waals surface area contributed by atoms with Gasteiger partial charge in [0.1, 0.15) is 0 Å². The Bertz CT molecular complexity index is 343. The molecule has 84 valence electrons. The lowest BCUT2D eigenvalue weighted by Crippen LogP contribution is -2.32. The van der Waals surface area contributed by atoms with Crippen LogP contribution in [0.1, 0.15) is 36.6 Å². The third-order valence-electron chi connectivity index (χ3n) is 2.60. The van der Waals surface area contributed by atoms with Gasteiger partial charge in [0.25, 0.3) is 0 Å². The molecule has 1 atom stereocenters. The Morgan fingerprint density at radius 3 is 2.33 bits per heavy atom. The number of hydrogen-bond donors (Lipinski definition) is 0. The van der Waals surface area contributed by atoms with Crippen molar-refractivity contribution in [2.75, 3.05) is 7.05 Å². The minimum Gasteiger partial charge on any atom is -0.338 e. The predicted octanol–water partition coefficient (Wildman–Crippen LogP) is 3.23. The molecule has 0 saturated heterocycles. The molecule has 0 bridgehead atoms. The highest BCUT2D eigenvalue weighted by atomic mass is 32.1. The number of rotatable bonds is 3. The van der Waals surface area contributed by atoms with Crippen molar-refractivity contribution < 1.29 is 4.79 Å². The van der Waals surface area contributed by atoms with Gasteiger partial charge < -0.3 is 4.90 Å². The van der Waals surface area contributed by atoms with E-state index in [4.69, 9.17) is 0 Å². The molecular formula is C12H19NOS. The fraction of sp³-hybridized carbons (Fsp3) is 0.583. The lowest BCUT2D eigenvalue weighted by molar-refractivity contribution is -0.135. The molecule has 0 aliphatic heterocycles. The first-order valence-corrected chi connectivity index (χ1v) is 6.08. The molecule has 2 nitrogen and oxygen atoms in total. The van der Waals surface area contributed by atoms with Gasteiger partial charge in [0.05, 0.1) is 6.04 Å². The fourth-order valence-corrected chi connectivity index (χ4v) is 2.44. The van der Waals surface area contributed by atoms with Crippen LogP contribution in [0, 0.1) is 12.8 Å². The maximum absolute atomic E-state index is 11.8. The second kappa shape index (κ2) is 4.79. The van der Waals surface area contributed by atoms with E-state index in [9.17, 15) is 4.79 Å². The molecule has 0 radical (unpaired) electrons. The third kappa shape index (κ3) is 2.81. The van der Waals surface area contributed by atoms with Crippen LogP contribution in [0.3, 0.4) is 0 Å². The van der Waals surface area contributed by atoms with Crippen LogP contribution >= 0.6 is 11.3 Å². The molecule has 1 aromatic heterocycles. The Morgan fingerprint density at radius 1 is 1.33 bits per heavy atom. The van der Waals surface area contributed by atoms with E-state index in [1.807, 2.05) is 25.8 Å². The van der Waals surface area contributed by atoms with E-state index >= 15 is 0 Å². The van der Waals surface area contributed by atoms with E-state index in [2.05, 4.69) is 26.0 Å². The Hall–Kier alpha value is -0.830. The molecule has 1 aromatic rings. The fourth-order valence-electron chi connectivity index (χ4n) is 1.47. The molecule has 0 spiro atoms. The Kier molecular flexibility index (Phi) is 3.91. The van der Waals surface area contributed by atoms with Crippen molar-refractivity contribution >= 4 is 17.2 Å². The van der Waals surface area contributed by atoms with E-state index < -0.39 is 0 Å². The van der Waals surface area contributed by atoms with Gasteiger partial charge in [0, 0.05) is 22.7 Å². The van der Waals surface area contributed by atoms with Crippen molar-refractivity contribution in [1.82, 2.24) is 4.90 Å². The average Bonchev–Trinajstić information content (AvgIpc) is 2.61. The van der Waals surface area contributed by atoms with Crippen LogP contribution < -0.4 is 0 Å². The summed E-state index contributed by atoms with van der Waals surface area (Å²) in [6.45, 7) is 8.03. The van der Waals surface area contributed by atoms with Gasteiger partial charge in [-0.25, -0.2) is 0 Å². The normalized spacial score (nSPS) is 12.9. The topological polar surface area (TPSA) is 20.3 Å². The number of nitrogens with zero attached hydrogens (tertiary/aromatic N) is 1. The van der Waals surface area contributed by atoms with Crippen LogP contribution in [-0.4, -0.2) is 17.9 Å². The van der Waals surface area contributed by atoms with Gasteiger partial charge in [-0.3, -0.25) is 4.79 Å². The van der Waals surface area contributed by atoms with Crippen LogP contribution in [0.25, 0.3) is 0 Å². The summed E-state index contributed by atoms with van der Waals surface area (Å²) < 4.78 is 0. The van der Waals surface area contributed by atoms with E-state index in [-0.39, 0.29) is 17.9 Å². The number of amides is 1. The Balaban J connectivity index is 2.76. The lowest BCUT2D eigenvalue weighted by Gasteiger charge is -2.25. The van der Waals surface area contributed by atoms with E-state index in [1.54, 1.807) is 11.3 Å². The monoisotopic (exact) mass is 225 g/mol. The van der Waals surface area contributed by atoms with Gasteiger partial charge in [-0.15, -0.1) is 11.3 Å². The first kappa shape index (κ1) is 12.2. The van der Waals surface area contributed by atoms with Crippen molar-refractivity contribution in [3.63, 3.8) is 0 Å². The van der Waals surface area contributed by atoms with Crippen LogP contribution in [0.15, 0.2) is 12.1 Å². The van der Waals surface area contributed by atoms with Crippen molar-refractivity contribution in [1.29, 1.82) is 0 Å². The van der Waals surface area contributed by atoms with Gasteiger partial charge in [0.15, 0.2) is 0 Å². The Labute approximate surface area is 95.9 Å². The molecule has 0 N–H and O–H groups in total. The third-order valence-corrected chi connectivity index (χ3v) is 3.77. The second-order valence-corrected chi connectivity index (χ2v) is 5.55. The van der Waals surface area contributed by atoms with Crippen molar-refractivity contribution in [3.05, 3.63) is 21.9 Å². The molecule has 0 aliphatic rings. The highest BCUT2D eigenvalue weighted by Gasteiger charge is 2.20. The van der Waals surface area contributed by atoms with Gasteiger partial charge in [-0.05, 0) is 26.0 Å². The highest BCUT2D eigenvalue weighted by molar-refractivity contribution is 7.12. The number of thiophene rings is 1. The molecule has 3 heteroatoms. The van der Waals surface area contributed by atoms with Gasteiger partial charge in [-0.2, -0.15) is 0 Å². The molecule has 0 aliphatic carbocycles. The zero-order chi connectivity index (χ0) is 11.6. The lowest BCUT2D eigenvalue weighted by atomic mass is 10.1. The number of aryl methyl sites for hydroxylation is 1. The minimum atomic E-state index is 0.0681. The average molecular weight is 225 g/mol. The van der Waals surface area contributed by atoms with E-state index in [0.717, 1.165) is 0 Å². The summed E-state index contributed by atoms with van der Waals surface area (Å²) in [7, 11) is 1.88. The summed E-state index contributed by atoms with van der Waals surface area (Å²) in [5, 5.41) is 0. The van der Waals surface area contributed by atoms with Crippen LogP contribution in [0.5, 0.6) is 0 Å². The van der Waals surface area contributed by atoms with Crippen molar-refractivity contribution in [3.8, 4) is 0 Å². The number of carbonyl (C=O) groups excluding carboxylic acids is 1. The summed E-state index contributed by atoms with van der Waals surface area (Å²) in [6.07, 6.45) is 0. The molecule has 1 rings (SSSR count). The standard InChI is InChI=1S/C12H19NOS/c1-8(2)12(14)13(5)10(4)11-7-6-9(3)15-11/h6-8,10H,1-5H3. The summed E-state index contributed by atoms with van der Waals surface area (Å²) in [6, 6.07) is 4.39. The van der Waals surface area contributed by atoms with Crippen LogP contribution in [0.4, 0.5) is 0 Å². The molecule has 15 heavy (non-hydrogen) atoms. The number of carbonyl (C=O) groups is 1. The van der Waals surface area contributed by atoms with Gasteiger partial charge in [0.2, 0.25) is 5.91 Å². The molecule has 0 aromatic carbocycles. The van der Waals surface area contributed by atoms with Gasteiger partial charge in [-0.1, -0.05) is 13.8 Å². The first-order chi connectivity index (χ1) is 6.93. The SMILES string of the molecule is Cc1ccc(C(C)N(C)C(=O)C(C)C)s1. The largest absolute Gasteiger partial charge is 0.338 e. The summed E-state index contributed by atoms with van der Waals surface area (Å²) in [5.41, 5.74) is 0. The van der Waals surface area contributed by atoms with Gasteiger partial charge >= 0.3 is 0 Å². The quantitative estimate of drug-likeness (QED) is 0.773. The second-order valence-electron chi connectivity index (χ2n) is 4.23. The summed E-state index contributed by atoms with van der Waals surface area (Å²) in [5.74, 6) is 0.270. The van der Waals surface area contributed by atoms with Crippen LogP contribution in [-0.2, 0) is 4.79 Å². The molecular weight excluding hydrogens is 206 g/mol. The Morgan fingerprint density at radius 2 is 1.93 bits per heavy atom. The first-order valence-electron chi connectivity index (χ1n) is 5.26. The van der Waals surface area contributed by atoms with Crippen LogP contribution in [0.2, 0.25) is 0 Å². The van der Waals surface area contributed by atoms with E-state index in [0.29, 0.717) is 0 Å². The van der Waals surface area contributed by atoms with Crippen molar-refractivity contribution in [2.24, 2.45) is 5.92 Å². The molecule has 1 heterocycles. The maximum atomic E-state index is 11.8. The molecule has 0 saturated carbocycles. The predicted molar refractivity (Wildman–Crippen MR) is 65.1 cm³/mol. The molecule has 1 amide bonds. The zero-order valence-corrected chi connectivity index (χ0v) is 10.9. The summed E-state index contributed by atoms with van der Waals surface area (Å²) in [4.78, 5) is 16.2. The zero-order valence-electron chi connectivity index (χ0n) is 10.1. The smallest absolute Gasteiger partial charge is 0.225 e. The number of hydrogen-bond acceptors (Lipinski definition) is 2. The van der Waals surface area contributed by atoms with E-state index in [1.165, 1.54) is 9.75 Å². The summed E-state index contributed by atoms with van der Waals surface area (Å²) >= 11 is 1.76. The molecule has 1 unspecified atom stereocenters.